The summed E-state index contributed by atoms with van der Waals surface area (Å²) in [5, 5.41) is 7.85. The van der Waals surface area contributed by atoms with E-state index in [4.69, 9.17) is 28.9 Å². The first-order valence-electron chi connectivity index (χ1n) is 17.8. The van der Waals surface area contributed by atoms with E-state index in [1.165, 1.54) is 23.5 Å². The molecule has 0 spiro atoms. The van der Waals surface area contributed by atoms with Crippen LogP contribution in [-0.4, -0.2) is 90.2 Å². The van der Waals surface area contributed by atoms with E-state index < -0.39 is 35.5 Å². The van der Waals surface area contributed by atoms with Crippen LogP contribution in [0.1, 0.15) is 62.9 Å². The molecule has 5 heterocycles. The first-order valence-corrected chi connectivity index (χ1v) is 18.7. The van der Waals surface area contributed by atoms with Crippen molar-refractivity contribution in [2.45, 2.75) is 78.1 Å². The molecular weight excluding hydrogens is 781 g/mol. The van der Waals surface area contributed by atoms with Gasteiger partial charge >= 0.3 is 12.1 Å². The quantitative estimate of drug-likeness (QED) is 0.165. The van der Waals surface area contributed by atoms with Crippen molar-refractivity contribution >= 4 is 80.7 Å². The maximum absolute atomic E-state index is 13.9. The van der Waals surface area contributed by atoms with Crippen molar-refractivity contribution in [2.24, 2.45) is 5.41 Å². The van der Waals surface area contributed by atoms with Crippen LogP contribution in [0.2, 0.25) is 0 Å². The molecule has 1 fully saturated rings. The maximum Gasteiger partial charge on any atom is 0.407 e. The number of rotatable bonds is 8. The second kappa shape index (κ2) is 20.2. The van der Waals surface area contributed by atoms with Crippen molar-refractivity contribution in [3.05, 3.63) is 58.2 Å². The minimum atomic E-state index is -0.993. The number of fused-ring (bicyclic) bond motifs is 6. The number of hydrogen-bond acceptors (Lipinski definition) is 11. The summed E-state index contributed by atoms with van der Waals surface area (Å²) < 4.78 is 24.3. The van der Waals surface area contributed by atoms with E-state index in [1.807, 2.05) is 18.4 Å². The number of aryl methyl sites for hydroxylation is 1. The van der Waals surface area contributed by atoms with Crippen molar-refractivity contribution < 1.29 is 33.3 Å². The van der Waals surface area contributed by atoms with E-state index in [9.17, 15) is 14.4 Å². The van der Waals surface area contributed by atoms with Crippen molar-refractivity contribution in [1.29, 1.82) is 0 Å². The number of nitrogens with one attached hydrogen (secondary N) is 2. The number of hydrogen-bond donors (Lipinski definition) is 2. The number of methoxy groups -OCH3 is 2. The van der Waals surface area contributed by atoms with Gasteiger partial charge in [-0.05, 0) is 62.9 Å². The summed E-state index contributed by atoms with van der Waals surface area (Å²) in [5.41, 5.74) is 9.41. The molecule has 3 atom stereocenters. The zero-order valence-corrected chi connectivity index (χ0v) is 36.0. The molecule has 2 aliphatic rings. The van der Waals surface area contributed by atoms with Gasteiger partial charge in [-0.3, -0.25) is 19.6 Å². The fraction of sp³-hybridized carbons (Fsp3) is 0.500. The summed E-state index contributed by atoms with van der Waals surface area (Å²) in [7, 11) is 3.20. The predicted octanol–water partition coefficient (Wildman–Crippen LogP) is 5.80. The van der Waals surface area contributed by atoms with Gasteiger partial charge in [-0.1, -0.05) is 19.9 Å². The maximum atomic E-state index is 13.9. The number of alkyl carbamates (subject to hydrolysis) is 1. The van der Waals surface area contributed by atoms with Gasteiger partial charge in [-0.25, -0.2) is 15.2 Å². The Morgan fingerprint density at radius 2 is 1.95 bits per heavy atom. The molecule has 2 aliphatic heterocycles. The van der Waals surface area contributed by atoms with Crippen molar-refractivity contribution in [1.82, 2.24) is 30.3 Å². The molecule has 55 heavy (non-hydrogen) atoms. The van der Waals surface area contributed by atoms with Crippen LogP contribution in [0.4, 0.5) is 4.79 Å². The van der Waals surface area contributed by atoms with Gasteiger partial charge in [0.1, 0.15) is 18.7 Å². The van der Waals surface area contributed by atoms with Gasteiger partial charge < -0.3 is 28.8 Å². The number of hydrazine groups is 1. The SMILES string of the molecule is CCn1c(-c2cccnc2[C@H](C)OC)c2c3cc(ccc31)-c1csc(n1)C[C@H](NC(=O)OCCOC)C(=O)N1CCC[C@H](N1)C(=O)OCC(C)(C)C2.S.S.S. The van der Waals surface area contributed by atoms with Crippen LogP contribution in [-0.2, 0) is 47.9 Å². The zero-order chi connectivity index (χ0) is 37.0. The lowest BCUT2D eigenvalue weighted by atomic mass is 9.84. The van der Waals surface area contributed by atoms with Crippen LogP contribution >= 0.6 is 51.8 Å². The van der Waals surface area contributed by atoms with E-state index in [0.29, 0.717) is 30.8 Å². The van der Waals surface area contributed by atoms with E-state index >= 15 is 0 Å². The molecule has 6 bridgehead atoms. The first kappa shape index (κ1) is 46.1. The normalized spacial score (nSPS) is 18.8. The van der Waals surface area contributed by atoms with Gasteiger partial charge in [0, 0.05) is 72.8 Å². The number of pyridine rings is 1. The van der Waals surface area contributed by atoms with Crippen LogP contribution in [0.5, 0.6) is 0 Å². The highest BCUT2D eigenvalue weighted by Crippen LogP contribution is 2.42. The largest absolute Gasteiger partial charge is 0.464 e. The second-order valence-electron chi connectivity index (χ2n) is 14.0. The molecule has 0 saturated carbocycles. The van der Waals surface area contributed by atoms with Crippen molar-refractivity contribution in [3.8, 4) is 22.5 Å². The molecule has 2 amide bonds. The molecule has 0 unspecified atom stereocenters. The summed E-state index contributed by atoms with van der Waals surface area (Å²) in [4.78, 5) is 50.0. The number of amides is 2. The summed E-state index contributed by atoms with van der Waals surface area (Å²) in [5.74, 6) is -0.821. The number of carbonyl (C=O) groups excluding carboxylic acids is 3. The van der Waals surface area contributed by atoms with E-state index in [1.54, 1.807) is 13.3 Å². The Balaban J connectivity index is 0.00000271. The van der Waals surface area contributed by atoms with Crippen molar-refractivity contribution in [2.75, 3.05) is 40.6 Å². The molecule has 2 N–H and O–H groups in total. The molecule has 1 saturated heterocycles. The number of thiazole rings is 1. The van der Waals surface area contributed by atoms with E-state index in [-0.39, 0.29) is 72.8 Å². The van der Waals surface area contributed by atoms with Gasteiger partial charge in [-0.2, -0.15) is 40.5 Å². The predicted molar refractivity (Wildman–Crippen MR) is 229 cm³/mol. The Morgan fingerprint density at radius 3 is 2.67 bits per heavy atom. The van der Waals surface area contributed by atoms with Crippen LogP contribution in [0, 0.1) is 5.41 Å². The van der Waals surface area contributed by atoms with E-state index in [2.05, 4.69) is 60.3 Å². The van der Waals surface area contributed by atoms with Crippen molar-refractivity contribution in [3.63, 3.8) is 0 Å². The number of benzene rings is 1. The van der Waals surface area contributed by atoms with Gasteiger partial charge in [-0.15, -0.1) is 11.3 Å². The van der Waals surface area contributed by atoms with Crippen LogP contribution < -0.4 is 10.7 Å². The number of cyclic esters (lactones) is 1. The molecule has 1 aromatic carbocycles. The molecule has 6 rings (SSSR count). The monoisotopic (exact) mass is 834 g/mol. The molecule has 13 nitrogen and oxygen atoms in total. The number of carbonyl (C=O) groups is 3. The van der Waals surface area contributed by atoms with Gasteiger partial charge in [0.05, 0.1) is 41.4 Å². The Bertz CT molecular complexity index is 1940. The van der Waals surface area contributed by atoms with Gasteiger partial charge in [0.25, 0.3) is 5.91 Å². The number of esters is 1. The zero-order valence-electron chi connectivity index (χ0n) is 32.2. The average Bonchev–Trinajstić information content (AvgIpc) is 3.74. The number of nitrogens with zero attached hydrogens (tertiary/aromatic N) is 4. The Kier molecular flexibility index (Phi) is 16.9. The smallest absolute Gasteiger partial charge is 0.407 e. The molecule has 3 aromatic heterocycles. The van der Waals surface area contributed by atoms with Gasteiger partial charge in [0.2, 0.25) is 0 Å². The third-order valence-electron chi connectivity index (χ3n) is 9.65. The van der Waals surface area contributed by atoms with Gasteiger partial charge in [0.15, 0.2) is 0 Å². The molecule has 0 aliphatic carbocycles. The number of aromatic nitrogens is 3. The molecular formula is C38H54N6O7S4. The lowest BCUT2D eigenvalue weighted by Gasteiger charge is -2.35. The standard InChI is InChI=1S/C38H48N6O7S.3H2S/c1-7-43-31-13-12-24-18-26(31)27(34(43)25-10-8-14-39-33(25)23(2)49-6)20-38(3,4)22-51-36(46)28-11-9-15-44(42-28)35(45)29(19-32-40-30(24)21-52-32)41-37(47)50-17-16-48-5;;;/h8,10,12-14,18,21,23,28-29,42H,7,9,11,15-17,19-20,22H2,1-6H3,(H,41,47);3*1H2/t23-,28-,29-;;;/m0.../s1. The summed E-state index contributed by atoms with van der Waals surface area (Å²) in [6.07, 6.45) is 2.66. The van der Waals surface area contributed by atoms with Crippen LogP contribution in [0.3, 0.4) is 0 Å². The highest BCUT2D eigenvalue weighted by atomic mass is 32.1. The lowest BCUT2D eigenvalue weighted by Crippen LogP contribution is -2.60. The highest BCUT2D eigenvalue weighted by Gasteiger charge is 2.36. The summed E-state index contributed by atoms with van der Waals surface area (Å²) >= 11 is 1.42. The Morgan fingerprint density at radius 1 is 1.16 bits per heavy atom. The summed E-state index contributed by atoms with van der Waals surface area (Å²) in [6, 6.07) is 8.71. The fourth-order valence-electron chi connectivity index (χ4n) is 6.97. The first-order chi connectivity index (χ1) is 25.0. The second-order valence-corrected chi connectivity index (χ2v) is 15.0. The minimum absolute atomic E-state index is 0. The molecule has 4 aromatic rings. The molecule has 17 heteroatoms. The molecule has 302 valence electrons. The van der Waals surface area contributed by atoms with Crippen LogP contribution in [0.15, 0.2) is 41.9 Å². The Hall–Kier alpha value is -3.32. The third kappa shape index (κ3) is 10.4. The average molecular weight is 835 g/mol. The summed E-state index contributed by atoms with van der Waals surface area (Å²) in [6.45, 7) is 9.85. The Labute approximate surface area is 347 Å². The molecule has 0 radical (unpaired) electrons. The lowest BCUT2D eigenvalue weighted by molar-refractivity contribution is -0.155. The van der Waals surface area contributed by atoms with Crippen LogP contribution in [0.25, 0.3) is 33.4 Å². The minimum Gasteiger partial charge on any atom is -0.464 e. The topological polar surface area (TPSA) is 146 Å². The highest BCUT2D eigenvalue weighted by molar-refractivity contribution is 7.59. The fourth-order valence-corrected chi connectivity index (χ4v) is 7.82. The third-order valence-corrected chi connectivity index (χ3v) is 10.5. The number of ether oxygens (including phenoxy) is 4. The van der Waals surface area contributed by atoms with E-state index in [0.717, 1.165) is 51.2 Å².